The second kappa shape index (κ2) is 3.47. The highest BCUT2D eigenvalue weighted by Crippen LogP contribution is 2.35. The zero-order chi connectivity index (χ0) is 11.1. The molecule has 0 amide bonds. The summed E-state index contributed by atoms with van der Waals surface area (Å²) in [4.78, 5) is 0. The van der Waals surface area contributed by atoms with E-state index in [9.17, 15) is 0 Å². The van der Waals surface area contributed by atoms with Crippen molar-refractivity contribution in [3.63, 3.8) is 0 Å². The van der Waals surface area contributed by atoms with Gasteiger partial charge in [-0.3, -0.25) is 0 Å². The Morgan fingerprint density at radius 2 is 1.69 bits per heavy atom. The smallest absolute Gasteiger partial charge is 0.145 e. The van der Waals surface area contributed by atoms with Crippen molar-refractivity contribution in [1.82, 2.24) is 25.6 Å². The molecule has 0 saturated heterocycles. The molecule has 0 bridgehead atoms. The molecule has 0 N–H and O–H groups in total. The lowest BCUT2D eigenvalue weighted by atomic mass is 10.2. The van der Waals surface area contributed by atoms with Crippen LogP contribution in [-0.2, 0) is 0 Å². The lowest BCUT2D eigenvalue weighted by Gasteiger charge is -1.98. The third kappa shape index (κ3) is 1.22. The molecule has 3 aromatic rings. The molecule has 0 aliphatic heterocycles. The van der Waals surface area contributed by atoms with Gasteiger partial charge in [-0.25, -0.2) is 0 Å². The first-order valence-electron chi connectivity index (χ1n) is 4.36. The number of rotatable bonds is 0. The minimum atomic E-state index is 0.335. The Kier molecular flexibility index (Phi) is 2.08. The molecule has 0 aliphatic rings. The van der Waals surface area contributed by atoms with E-state index in [1.54, 1.807) is 18.3 Å². The van der Waals surface area contributed by atoms with Crippen molar-refractivity contribution >= 4 is 45.1 Å². The summed E-state index contributed by atoms with van der Waals surface area (Å²) in [7, 11) is 0. The number of hydrogen-bond donors (Lipinski definition) is 0. The van der Waals surface area contributed by atoms with Crippen LogP contribution in [0.15, 0.2) is 18.3 Å². The van der Waals surface area contributed by atoms with E-state index in [1.165, 1.54) is 0 Å². The molecule has 7 heteroatoms. The largest absolute Gasteiger partial charge is 0.158 e. The number of aromatic nitrogens is 5. The van der Waals surface area contributed by atoms with Gasteiger partial charge in [-0.2, -0.15) is 5.10 Å². The molecule has 0 spiro atoms. The van der Waals surface area contributed by atoms with Crippen LogP contribution in [0.3, 0.4) is 0 Å². The second-order valence-electron chi connectivity index (χ2n) is 3.10. The summed E-state index contributed by atoms with van der Waals surface area (Å²) in [5, 5.41) is 20.5. The Balaban J connectivity index is 2.71. The standard InChI is InChI=1S/C9H3Cl2N5/c10-5-4-2-1-3-12-13-7(4)9-8(6(5)11)14-16-15-9/h1-3H. The first-order valence-corrected chi connectivity index (χ1v) is 5.12. The van der Waals surface area contributed by atoms with Crippen LogP contribution in [-0.4, -0.2) is 25.6 Å². The van der Waals surface area contributed by atoms with Gasteiger partial charge in [0.05, 0.1) is 10.0 Å². The SMILES string of the molecule is Clc1c(Cl)c2nnnc2c2nncccc12. The highest BCUT2D eigenvalue weighted by Gasteiger charge is 2.15. The molecule has 0 saturated carbocycles. The van der Waals surface area contributed by atoms with E-state index in [4.69, 9.17) is 23.2 Å². The molecule has 2 heterocycles. The maximum Gasteiger partial charge on any atom is 0.145 e. The molecule has 0 atom stereocenters. The van der Waals surface area contributed by atoms with E-state index in [1.807, 2.05) is 0 Å². The zero-order valence-electron chi connectivity index (χ0n) is 7.72. The van der Waals surface area contributed by atoms with Crippen LogP contribution in [0.5, 0.6) is 0 Å². The Hall–Kier alpha value is -1.59. The van der Waals surface area contributed by atoms with Crippen molar-refractivity contribution in [2.45, 2.75) is 0 Å². The summed E-state index contributed by atoms with van der Waals surface area (Å²) in [6, 6.07) is 3.50. The fourth-order valence-corrected chi connectivity index (χ4v) is 1.96. The van der Waals surface area contributed by atoms with Gasteiger partial charge in [0.15, 0.2) is 0 Å². The highest BCUT2D eigenvalue weighted by atomic mass is 35.5. The minimum Gasteiger partial charge on any atom is -0.158 e. The molecular formula is C9H3Cl2N5. The Labute approximate surface area is 99.4 Å². The number of fused-ring (bicyclic) bond motifs is 3. The van der Waals surface area contributed by atoms with Gasteiger partial charge < -0.3 is 0 Å². The summed E-state index contributed by atoms with van der Waals surface area (Å²) in [6.07, 6.45) is 1.56. The Bertz CT molecular complexity index is 700. The zero-order valence-corrected chi connectivity index (χ0v) is 9.24. The van der Waals surface area contributed by atoms with E-state index in [0.717, 1.165) is 0 Å². The third-order valence-electron chi connectivity index (χ3n) is 2.20. The van der Waals surface area contributed by atoms with Gasteiger partial charge >= 0.3 is 0 Å². The van der Waals surface area contributed by atoms with E-state index in [2.05, 4.69) is 25.6 Å². The molecule has 0 fully saturated rings. The number of benzene rings is 1. The second-order valence-corrected chi connectivity index (χ2v) is 3.86. The molecule has 2 aromatic heterocycles. The van der Waals surface area contributed by atoms with Crippen molar-refractivity contribution < 1.29 is 0 Å². The summed E-state index contributed by atoms with van der Waals surface area (Å²) in [6.45, 7) is 0. The van der Waals surface area contributed by atoms with Gasteiger partial charge in [-0.1, -0.05) is 23.2 Å². The van der Waals surface area contributed by atoms with Crippen LogP contribution in [0.25, 0.3) is 21.9 Å². The van der Waals surface area contributed by atoms with Gasteiger partial charge in [0.2, 0.25) is 0 Å². The first kappa shape index (κ1) is 9.62. The Morgan fingerprint density at radius 3 is 2.56 bits per heavy atom. The number of halogens is 2. The van der Waals surface area contributed by atoms with Crippen LogP contribution >= 0.6 is 23.2 Å². The van der Waals surface area contributed by atoms with Crippen LogP contribution in [0, 0.1) is 0 Å². The van der Waals surface area contributed by atoms with Crippen LogP contribution in [0.1, 0.15) is 0 Å². The van der Waals surface area contributed by atoms with Crippen LogP contribution in [0.2, 0.25) is 10.0 Å². The van der Waals surface area contributed by atoms with Crippen molar-refractivity contribution in [3.8, 4) is 0 Å². The summed E-state index contributed by atoms with van der Waals surface area (Å²) in [5.74, 6) is 0. The van der Waals surface area contributed by atoms with Gasteiger partial charge in [0.1, 0.15) is 16.6 Å². The van der Waals surface area contributed by atoms with Gasteiger partial charge in [-0.05, 0) is 17.3 Å². The monoisotopic (exact) mass is 251 g/mol. The third-order valence-corrected chi connectivity index (χ3v) is 3.06. The van der Waals surface area contributed by atoms with E-state index < -0.39 is 0 Å². The summed E-state index contributed by atoms with van der Waals surface area (Å²) in [5.41, 5.74) is 1.49. The minimum absolute atomic E-state index is 0.335. The lowest BCUT2D eigenvalue weighted by Crippen LogP contribution is -1.82. The number of nitrogens with zero attached hydrogens (tertiary/aromatic N) is 5. The molecular weight excluding hydrogens is 249 g/mol. The van der Waals surface area contributed by atoms with Crippen LogP contribution < -0.4 is 0 Å². The molecule has 78 valence electrons. The van der Waals surface area contributed by atoms with E-state index in [0.29, 0.717) is 32.0 Å². The molecule has 1 aromatic carbocycles. The lowest BCUT2D eigenvalue weighted by molar-refractivity contribution is 0.959. The van der Waals surface area contributed by atoms with Crippen molar-refractivity contribution in [2.24, 2.45) is 0 Å². The molecule has 16 heavy (non-hydrogen) atoms. The topological polar surface area (TPSA) is 64.5 Å². The predicted octanol–water partition coefficient (Wildman–Crippen LogP) is 2.27. The van der Waals surface area contributed by atoms with E-state index >= 15 is 0 Å². The average molecular weight is 252 g/mol. The van der Waals surface area contributed by atoms with Crippen LogP contribution in [0.4, 0.5) is 0 Å². The van der Waals surface area contributed by atoms with E-state index in [-0.39, 0.29) is 0 Å². The predicted molar refractivity (Wildman–Crippen MR) is 60.4 cm³/mol. The van der Waals surface area contributed by atoms with Crippen molar-refractivity contribution in [3.05, 3.63) is 28.4 Å². The maximum atomic E-state index is 6.13. The quantitative estimate of drug-likeness (QED) is 0.614. The molecule has 5 nitrogen and oxygen atoms in total. The Morgan fingerprint density at radius 1 is 0.875 bits per heavy atom. The van der Waals surface area contributed by atoms with Gasteiger partial charge in [-0.15, -0.1) is 15.3 Å². The normalized spacial score (nSPS) is 11.1. The molecule has 0 radical (unpaired) electrons. The number of hydrogen-bond acceptors (Lipinski definition) is 5. The summed E-state index contributed by atoms with van der Waals surface area (Å²) < 4.78 is 0. The van der Waals surface area contributed by atoms with Gasteiger partial charge in [0.25, 0.3) is 0 Å². The molecule has 3 rings (SSSR count). The fourth-order valence-electron chi connectivity index (χ4n) is 1.49. The highest BCUT2D eigenvalue weighted by molar-refractivity contribution is 6.48. The maximum absolute atomic E-state index is 6.13. The molecule has 0 aliphatic carbocycles. The fraction of sp³-hybridized carbons (Fsp3) is 0. The molecule has 0 unspecified atom stereocenters. The van der Waals surface area contributed by atoms with Crippen molar-refractivity contribution in [2.75, 3.05) is 0 Å². The summed E-state index contributed by atoms with van der Waals surface area (Å²) >= 11 is 12.2. The van der Waals surface area contributed by atoms with Crippen molar-refractivity contribution in [1.29, 1.82) is 0 Å². The average Bonchev–Trinajstić information content (AvgIpc) is 2.64. The van der Waals surface area contributed by atoms with Gasteiger partial charge in [0, 0.05) is 11.6 Å². The first-order chi connectivity index (χ1) is 7.79.